The Morgan fingerprint density at radius 3 is 2.29 bits per heavy atom. The maximum absolute atomic E-state index is 13.3. The molecule has 1 aromatic carbocycles. The minimum absolute atomic E-state index is 0.00329. The molecule has 1 saturated heterocycles. The molecule has 1 aliphatic heterocycles. The van der Waals surface area contributed by atoms with Crippen LogP contribution in [-0.4, -0.2) is 53.5 Å². The van der Waals surface area contributed by atoms with Gasteiger partial charge in [-0.15, -0.1) is 0 Å². The van der Waals surface area contributed by atoms with E-state index in [0.29, 0.717) is 12.5 Å². The summed E-state index contributed by atoms with van der Waals surface area (Å²) >= 11 is 0. The van der Waals surface area contributed by atoms with Crippen LogP contribution in [0.15, 0.2) is 30.3 Å². The Morgan fingerprint density at radius 1 is 1.06 bits per heavy atom. The van der Waals surface area contributed by atoms with Crippen LogP contribution in [0.1, 0.15) is 56.7 Å². The third kappa shape index (κ3) is 6.23. The molecule has 1 amide bonds. The summed E-state index contributed by atoms with van der Waals surface area (Å²) in [5.41, 5.74) is 1.91. The number of nitrogens with zero attached hydrogens (tertiary/aromatic N) is 4. The zero-order chi connectivity index (χ0) is 22.5. The van der Waals surface area contributed by atoms with Crippen molar-refractivity contribution in [3.63, 3.8) is 0 Å². The molecule has 1 N–H and O–H groups in total. The van der Waals surface area contributed by atoms with Gasteiger partial charge in [-0.2, -0.15) is 0 Å². The second-order valence-electron chi connectivity index (χ2n) is 8.98. The molecule has 3 rings (SSSR count). The normalized spacial score (nSPS) is 16.1. The summed E-state index contributed by atoms with van der Waals surface area (Å²) in [7, 11) is 0. The van der Waals surface area contributed by atoms with E-state index in [2.05, 4.69) is 47.8 Å². The zero-order valence-electron chi connectivity index (χ0n) is 19.2. The number of piperazine rings is 1. The Bertz CT molecular complexity index is 876. The molecule has 6 nitrogen and oxygen atoms in total. The molecule has 0 spiro atoms. The van der Waals surface area contributed by atoms with Gasteiger partial charge in [-0.1, -0.05) is 39.8 Å². The molecule has 0 aliphatic carbocycles. The summed E-state index contributed by atoms with van der Waals surface area (Å²) in [6, 6.07) is 8.27. The molecule has 7 heteroatoms. The predicted molar refractivity (Wildman–Crippen MR) is 122 cm³/mol. The lowest BCUT2D eigenvalue weighted by molar-refractivity contribution is -0.123. The molecular formula is C24H34FN5O. The van der Waals surface area contributed by atoms with Gasteiger partial charge in [0.05, 0.1) is 12.6 Å². The monoisotopic (exact) mass is 427 g/mol. The molecular weight excluding hydrogens is 393 g/mol. The number of aryl methyl sites for hydroxylation is 1. The SMILES string of the molecule is Cc1cc(N2CCN(CC(=O)N[C@@H](c3ccc(F)cc3)C(C)C)CC2)nc(C(C)C)n1. The van der Waals surface area contributed by atoms with E-state index in [1.807, 2.05) is 13.0 Å². The molecule has 0 saturated carbocycles. The van der Waals surface area contributed by atoms with Crippen LogP contribution >= 0.6 is 0 Å². The quantitative estimate of drug-likeness (QED) is 0.730. The second-order valence-corrected chi connectivity index (χ2v) is 8.98. The fourth-order valence-electron chi connectivity index (χ4n) is 3.86. The number of rotatable bonds is 7. The van der Waals surface area contributed by atoms with E-state index in [0.717, 1.165) is 49.1 Å². The van der Waals surface area contributed by atoms with Crippen LogP contribution in [0, 0.1) is 18.7 Å². The summed E-state index contributed by atoms with van der Waals surface area (Å²) in [6.45, 7) is 13.9. The van der Waals surface area contributed by atoms with E-state index in [1.54, 1.807) is 12.1 Å². The van der Waals surface area contributed by atoms with Crippen molar-refractivity contribution in [2.75, 3.05) is 37.6 Å². The first kappa shape index (κ1) is 23.1. The fourth-order valence-corrected chi connectivity index (χ4v) is 3.86. The average molecular weight is 428 g/mol. The Labute approximate surface area is 184 Å². The molecule has 2 heterocycles. The Morgan fingerprint density at radius 2 is 1.71 bits per heavy atom. The van der Waals surface area contributed by atoms with E-state index >= 15 is 0 Å². The third-order valence-corrected chi connectivity index (χ3v) is 5.65. The summed E-state index contributed by atoms with van der Waals surface area (Å²) in [4.78, 5) is 26.4. The van der Waals surface area contributed by atoms with Gasteiger partial charge in [-0.05, 0) is 30.5 Å². The number of hydrogen-bond donors (Lipinski definition) is 1. The summed E-state index contributed by atoms with van der Waals surface area (Å²) in [5.74, 6) is 2.07. The molecule has 31 heavy (non-hydrogen) atoms. The number of anilines is 1. The predicted octanol–water partition coefficient (Wildman–Crippen LogP) is 3.68. The minimum Gasteiger partial charge on any atom is -0.354 e. The largest absolute Gasteiger partial charge is 0.354 e. The first-order valence-electron chi connectivity index (χ1n) is 11.1. The van der Waals surface area contributed by atoms with Crippen molar-refractivity contribution in [2.45, 2.75) is 46.6 Å². The van der Waals surface area contributed by atoms with Gasteiger partial charge in [-0.25, -0.2) is 14.4 Å². The highest BCUT2D eigenvalue weighted by Gasteiger charge is 2.23. The van der Waals surface area contributed by atoms with Crippen LogP contribution in [0.4, 0.5) is 10.2 Å². The van der Waals surface area contributed by atoms with Crippen LogP contribution in [0.5, 0.6) is 0 Å². The second kappa shape index (κ2) is 10.2. The standard InChI is InChI=1S/C24H34FN5O/c1-16(2)23(19-6-8-20(25)9-7-19)28-22(31)15-29-10-12-30(13-11-29)21-14-18(5)26-24(27-21)17(3)4/h6-9,14,16-17,23H,10-13,15H2,1-5H3,(H,28,31)/t23-/m1/s1. The molecule has 0 unspecified atom stereocenters. The van der Waals surface area contributed by atoms with Crippen molar-refractivity contribution < 1.29 is 9.18 Å². The lowest BCUT2D eigenvalue weighted by atomic mass is 9.96. The van der Waals surface area contributed by atoms with E-state index in [-0.39, 0.29) is 23.7 Å². The van der Waals surface area contributed by atoms with Crippen LogP contribution in [0.2, 0.25) is 0 Å². The summed E-state index contributed by atoms with van der Waals surface area (Å²) in [5, 5.41) is 3.13. The molecule has 1 aliphatic rings. The van der Waals surface area contributed by atoms with Crippen LogP contribution in [-0.2, 0) is 4.79 Å². The number of amides is 1. The molecule has 1 fully saturated rings. The van der Waals surface area contributed by atoms with Crippen molar-refractivity contribution in [1.82, 2.24) is 20.2 Å². The van der Waals surface area contributed by atoms with E-state index < -0.39 is 0 Å². The molecule has 1 atom stereocenters. The molecule has 0 radical (unpaired) electrons. The van der Waals surface area contributed by atoms with Gasteiger partial charge in [-0.3, -0.25) is 9.69 Å². The maximum atomic E-state index is 13.3. The number of carbonyl (C=O) groups is 1. The lowest BCUT2D eigenvalue weighted by Gasteiger charge is -2.35. The summed E-state index contributed by atoms with van der Waals surface area (Å²) < 4.78 is 13.3. The van der Waals surface area contributed by atoms with Gasteiger partial charge in [0.2, 0.25) is 5.91 Å². The molecule has 168 valence electrons. The number of hydrogen-bond acceptors (Lipinski definition) is 5. The highest BCUT2D eigenvalue weighted by atomic mass is 19.1. The van der Waals surface area contributed by atoms with Gasteiger partial charge in [0.15, 0.2) is 0 Å². The smallest absolute Gasteiger partial charge is 0.234 e. The number of aromatic nitrogens is 2. The molecule has 2 aromatic rings. The first-order chi connectivity index (χ1) is 14.7. The zero-order valence-corrected chi connectivity index (χ0v) is 19.2. The highest BCUT2D eigenvalue weighted by Crippen LogP contribution is 2.22. The number of halogens is 1. The topological polar surface area (TPSA) is 61.4 Å². The molecule has 0 bridgehead atoms. The first-order valence-corrected chi connectivity index (χ1v) is 11.1. The van der Waals surface area contributed by atoms with E-state index in [1.165, 1.54) is 12.1 Å². The van der Waals surface area contributed by atoms with Crippen molar-refractivity contribution >= 4 is 11.7 Å². The fraction of sp³-hybridized carbons (Fsp3) is 0.542. The van der Waals surface area contributed by atoms with Crippen molar-refractivity contribution in [3.8, 4) is 0 Å². The van der Waals surface area contributed by atoms with Crippen molar-refractivity contribution in [1.29, 1.82) is 0 Å². The van der Waals surface area contributed by atoms with Crippen molar-refractivity contribution in [3.05, 3.63) is 53.2 Å². The van der Waals surface area contributed by atoms with Gasteiger partial charge in [0.1, 0.15) is 17.5 Å². The van der Waals surface area contributed by atoms with Crippen molar-refractivity contribution in [2.24, 2.45) is 5.92 Å². The number of carbonyl (C=O) groups excluding carboxylic acids is 1. The minimum atomic E-state index is -0.269. The van der Waals surface area contributed by atoms with E-state index in [9.17, 15) is 9.18 Å². The summed E-state index contributed by atoms with van der Waals surface area (Å²) in [6.07, 6.45) is 0. The van der Waals surface area contributed by atoms with E-state index in [4.69, 9.17) is 4.98 Å². The van der Waals surface area contributed by atoms with Gasteiger partial charge >= 0.3 is 0 Å². The van der Waals surface area contributed by atoms with Crippen LogP contribution in [0.3, 0.4) is 0 Å². The van der Waals surface area contributed by atoms with Gasteiger partial charge in [0.25, 0.3) is 0 Å². The molecule has 1 aromatic heterocycles. The third-order valence-electron chi connectivity index (χ3n) is 5.65. The Kier molecular flexibility index (Phi) is 7.59. The Balaban J connectivity index is 1.55. The maximum Gasteiger partial charge on any atom is 0.234 e. The van der Waals surface area contributed by atoms with Crippen LogP contribution < -0.4 is 10.2 Å². The van der Waals surface area contributed by atoms with Gasteiger partial charge in [0, 0.05) is 43.9 Å². The van der Waals surface area contributed by atoms with Gasteiger partial charge < -0.3 is 10.2 Å². The lowest BCUT2D eigenvalue weighted by Crippen LogP contribution is -2.50. The highest BCUT2D eigenvalue weighted by molar-refractivity contribution is 5.78. The van der Waals surface area contributed by atoms with Crippen LogP contribution in [0.25, 0.3) is 0 Å². The number of nitrogens with one attached hydrogen (secondary N) is 1. The number of benzene rings is 1. The Hall–Kier alpha value is -2.54. The average Bonchev–Trinajstić information content (AvgIpc) is 2.72.